The fourth-order valence-electron chi connectivity index (χ4n) is 1.45. The van der Waals surface area contributed by atoms with Crippen molar-refractivity contribution in [3.8, 4) is 0 Å². The summed E-state index contributed by atoms with van der Waals surface area (Å²) in [5, 5.41) is 16.5. The van der Waals surface area contributed by atoms with Crippen LogP contribution in [0, 0.1) is 12.8 Å². The van der Waals surface area contributed by atoms with Crippen LogP contribution in [0.25, 0.3) is 0 Å². The first-order chi connectivity index (χ1) is 7.13. The SMILES string of the molecule is Cc1nn(CCO)cc1CNCC(C)C. The smallest absolute Gasteiger partial charge is 0.0641 e. The van der Waals surface area contributed by atoms with Crippen molar-refractivity contribution in [2.45, 2.75) is 33.9 Å². The van der Waals surface area contributed by atoms with Crippen LogP contribution in [0.15, 0.2) is 6.20 Å². The molecule has 1 aromatic rings. The lowest BCUT2D eigenvalue weighted by Gasteiger charge is -2.05. The van der Waals surface area contributed by atoms with Gasteiger partial charge in [0.15, 0.2) is 0 Å². The second kappa shape index (κ2) is 5.88. The molecule has 15 heavy (non-hydrogen) atoms. The maximum absolute atomic E-state index is 8.79. The summed E-state index contributed by atoms with van der Waals surface area (Å²) in [7, 11) is 0. The molecule has 0 spiro atoms. The van der Waals surface area contributed by atoms with E-state index in [9.17, 15) is 0 Å². The third-order valence-corrected chi connectivity index (χ3v) is 2.25. The van der Waals surface area contributed by atoms with E-state index in [4.69, 9.17) is 5.11 Å². The zero-order valence-corrected chi connectivity index (χ0v) is 9.82. The molecule has 0 aliphatic heterocycles. The number of nitrogens with zero attached hydrogens (tertiary/aromatic N) is 2. The number of aryl methyl sites for hydroxylation is 1. The molecule has 4 nitrogen and oxygen atoms in total. The monoisotopic (exact) mass is 211 g/mol. The van der Waals surface area contributed by atoms with Gasteiger partial charge in [0.25, 0.3) is 0 Å². The zero-order chi connectivity index (χ0) is 11.3. The number of hydrogen-bond donors (Lipinski definition) is 2. The van der Waals surface area contributed by atoms with E-state index < -0.39 is 0 Å². The van der Waals surface area contributed by atoms with Crippen molar-refractivity contribution >= 4 is 0 Å². The number of aliphatic hydroxyl groups is 1. The molecule has 0 fully saturated rings. The van der Waals surface area contributed by atoms with Crippen molar-refractivity contribution in [1.29, 1.82) is 0 Å². The van der Waals surface area contributed by atoms with E-state index in [0.29, 0.717) is 12.5 Å². The van der Waals surface area contributed by atoms with Crippen LogP contribution in [-0.4, -0.2) is 28.0 Å². The topological polar surface area (TPSA) is 50.1 Å². The van der Waals surface area contributed by atoms with Gasteiger partial charge in [-0.3, -0.25) is 4.68 Å². The van der Waals surface area contributed by atoms with Crippen LogP contribution < -0.4 is 5.32 Å². The molecular formula is C11H21N3O. The molecule has 1 aromatic heterocycles. The summed E-state index contributed by atoms with van der Waals surface area (Å²) in [6, 6.07) is 0. The lowest BCUT2D eigenvalue weighted by atomic mass is 10.2. The van der Waals surface area contributed by atoms with Crippen LogP contribution in [0.1, 0.15) is 25.1 Å². The Morgan fingerprint density at radius 1 is 1.53 bits per heavy atom. The molecule has 0 amide bonds. The predicted octanol–water partition coefficient (Wildman–Crippen LogP) is 0.929. The Morgan fingerprint density at radius 2 is 2.27 bits per heavy atom. The molecular weight excluding hydrogens is 190 g/mol. The van der Waals surface area contributed by atoms with Crippen LogP contribution in [0.5, 0.6) is 0 Å². The van der Waals surface area contributed by atoms with E-state index in [1.54, 1.807) is 4.68 Å². The number of hydrogen-bond acceptors (Lipinski definition) is 3. The van der Waals surface area contributed by atoms with Crippen LogP contribution in [0.3, 0.4) is 0 Å². The summed E-state index contributed by atoms with van der Waals surface area (Å²) >= 11 is 0. The summed E-state index contributed by atoms with van der Waals surface area (Å²) in [5.41, 5.74) is 2.25. The quantitative estimate of drug-likeness (QED) is 0.736. The lowest BCUT2D eigenvalue weighted by molar-refractivity contribution is 0.269. The Hall–Kier alpha value is -0.870. The van der Waals surface area contributed by atoms with Gasteiger partial charge in [-0.1, -0.05) is 13.8 Å². The lowest BCUT2D eigenvalue weighted by Crippen LogP contribution is -2.19. The van der Waals surface area contributed by atoms with Crippen molar-refractivity contribution in [3.63, 3.8) is 0 Å². The molecule has 86 valence electrons. The van der Waals surface area contributed by atoms with E-state index in [1.807, 2.05) is 13.1 Å². The maximum Gasteiger partial charge on any atom is 0.0641 e. The fraction of sp³-hybridized carbons (Fsp3) is 0.727. The molecule has 2 N–H and O–H groups in total. The van der Waals surface area contributed by atoms with E-state index in [2.05, 4.69) is 24.3 Å². The van der Waals surface area contributed by atoms with Gasteiger partial charge in [0, 0.05) is 18.3 Å². The average molecular weight is 211 g/mol. The molecule has 0 radical (unpaired) electrons. The van der Waals surface area contributed by atoms with E-state index in [-0.39, 0.29) is 6.61 Å². The highest BCUT2D eigenvalue weighted by Gasteiger charge is 2.04. The molecule has 0 bridgehead atoms. The Labute approximate surface area is 91.3 Å². The van der Waals surface area contributed by atoms with Crippen LogP contribution in [-0.2, 0) is 13.1 Å². The Bertz CT molecular complexity index is 294. The van der Waals surface area contributed by atoms with Crippen molar-refractivity contribution in [2.75, 3.05) is 13.2 Å². The van der Waals surface area contributed by atoms with Gasteiger partial charge in [0.2, 0.25) is 0 Å². The molecule has 0 aromatic carbocycles. The van der Waals surface area contributed by atoms with Crippen LogP contribution >= 0.6 is 0 Å². The molecule has 1 heterocycles. The summed E-state index contributed by atoms with van der Waals surface area (Å²) in [4.78, 5) is 0. The molecule has 0 aliphatic carbocycles. The van der Waals surface area contributed by atoms with Gasteiger partial charge >= 0.3 is 0 Å². The molecule has 0 aliphatic rings. The molecule has 0 saturated carbocycles. The van der Waals surface area contributed by atoms with Crippen molar-refractivity contribution < 1.29 is 5.11 Å². The number of aromatic nitrogens is 2. The van der Waals surface area contributed by atoms with Gasteiger partial charge in [-0.05, 0) is 19.4 Å². The molecule has 0 saturated heterocycles. The fourth-order valence-corrected chi connectivity index (χ4v) is 1.45. The van der Waals surface area contributed by atoms with E-state index >= 15 is 0 Å². The van der Waals surface area contributed by atoms with Crippen LogP contribution in [0.4, 0.5) is 0 Å². The number of aliphatic hydroxyl groups excluding tert-OH is 1. The third kappa shape index (κ3) is 4.01. The van der Waals surface area contributed by atoms with Gasteiger partial charge in [-0.2, -0.15) is 5.10 Å². The summed E-state index contributed by atoms with van der Waals surface area (Å²) in [6.07, 6.45) is 2.00. The summed E-state index contributed by atoms with van der Waals surface area (Å²) < 4.78 is 1.79. The average Bonchev–Trinajstić information content (AvgIpc) is 2.47. The Kier molecular flexibility index (Phi) is 4.78. The summed E-state index contributed by atoms with van der Waals surface area (Å²) in [5.74, 6) is 0.665. The van der Waals surface area contributed by atoms with E-state index in [0.717, 1.165) is 18.8 Å². The largest absolute Gasteiger partial charge is 0.394 e. The first kappa shape index (κ1) is 12.2. The normalized spacial score (nSPS) is 11.3. The Balaban J connectivity index is 2.46. The second-order valence-corrected chi connectivity index (χ2v) is 4.25. The predicted molar refractivity (Wildman–Crippen MR) is 60.6 cm³/mol. The number of rotatable bonds is 6. The molecule has 0 unspecified atom stereocenters. The molecule has 4 heteroatoms. The van der Waals surface area contributed by atoms with Crippen molar-refractivity contribution in [1.82, 2.24) is 15.1 Å². The standard InChI is InChI=1S/C11H21N3O/c1-9(2)6-12-7-11-8-14(4-5-15)13-10(11)3/h8-9,12,15H,4-7H2,1-3H3. The first-order valence-corrected chi connectivity index (χ1v) is 5.48. The van der Waals surface area contributed by atoms with Gasteiger partial charge in [-0.15, -0.1) is 0 Å². The molecule has 1 rings (SSSR count). The van der Waals surface area contributed by atoms with Crippen molar-refractivity contribution in [3.05, 3.63) is 17.5 Å². The summed E-state index contributed by atoms with van der Waals surface area (Å²) in [6.45, 7) is 8.97. The van der Waals surface area contributed by atoms with Crippen molar-refractivity contribution in [2.24, 2.45) is 5.92 Å². The van der Waals surface area contributed by atoms with Gasteiger partial charge < -0.3 is 10.4 Å². The number of nitrogens with one attached hydrogen (secondary N) is 1. The van der Waals surface area contributed by atoms with Gasteiger partial charge in [0.05, 0.1) is 18.8 Å². The van der Waals surface area contributed by atoms with E-state index in [1.165, 1.54) is 5.56 Å². The minimum absolute atomic E-state index is 0.139. The minimum Gasteiger partial charge on any atom is -0.394 e. The van der Waals surface area contributed by atoms with Gasteiger partial charge in [-0.25, -0.2) is 0 Å². The van der Waals surface area contributed by atoms with Gasteiger partial charge in [0.1, 0.15) is 0 Å². The second-order valence-electron chi connectivity index (χ2n) is 4.25. The Morgan fingerprint density at radius 3 is 2.87 bits per heavy atom. The zero-order valence-electron chi connectivity index (χ0n) is 9.82. The molecule has 0 atom stereocenters. The highest BCUT2D eigenvalue weighted by atomic mass is 16.3. The third-order valence-electron chi connectivity index (χ3n) is 2.25. The minimum atomic E-state index is 0.139. The maximum atomic E-state index is 8.79. The highest BCUT2D eigenvalue weighted by molar-refractivity contribution is 5.14. The highest BCUT2D eigenvalue weighted by Crippen LogP contribution is 2.05. The first-order valence-electron chi connectivity index (χ1n) is 5.48. The van der Waals surface area contributed by atoms with Crippen LogP contribution in [0.2, 0.25) is 0 Å².